The minimum Gasteiger partial charge on any atom is -0.481 e. The van der Waals surface area contributed by atoms with Gasteiger partial charge in [0.1, 0.15) is 6.10 Å². The lowest BCUT2D eigenvalue weighted by atomic mass is 10.0. The van der Waals surface area contributed by atoms with Crippen LogP contribution in [0, 0.1) is 0 Å². The standard InChI is InChI=1S/C13H12BrNO2/c1-17-12-8-10(6-7-15-12)13(16)9-2-4-11(14)5-3-9/h2-8,13,16H,1H3. The molecule has 0 bridgehead atoms. The average Bonchev–Trinajstić information content (AvgIpc) is 2.39. The van der Waals surface area contributed by atoms with Crippen molar-refractivity contribution in [2.45, 2.75) is 6.10 Å². The van der Waals surface area contributed by atoms with E-state index in [1.807, 2.05) is 24.3 Å². The number of rotatable bonds is 3. The summed E-state index contributed by atoms with van der Waals surface area (Å²) >= 11 is 3.36. The Balaban J connectivity index is 2.29. The predicted octanol–water partition coefficient (Wildman–Crippen LogP) is 2.93. The molecule has 2 rings (SSSR count). The Morgan fingerprint density at radius 1 is 1.18 bits per heavy atom. The Hall–Kier alpha value is -1.39. The molecule has 1 aromatic heterocycles. The van der Waals surface area contributed by atoms with Gasteiger partial charge < -0.3 is 9.84 Å². The zero-order valence-electron chi connectivity index (χ0n) is 9.30. The number of halogens is 1. The van der Waals surface area contributed by atoms with Crippen molar-refractivity contribution in [2.24, 2.45) is 0 Å². The van der Waals surface area contributed by atoms with Gasteiger partial charge in [-0.15, -0.1) is 0 Å². The zero-order valence-corrected chi connectivity index (χ0v) is 10.9. The first-order valence-electron chi connectivity index (χ1n) is 5.14. The number of hydrogen-bond acceptors (Lipinski definition) is 3. The summed E-state index contributed by atoms with van der Waals surface area (Å²) in [5, 5.41) is 10.2. The fourth-order valence-corrected chi connectivity index (χ4v) is 1.81. The fourth-order valence-electron chi connectivity index (χ4n) is 1.54. The quantitative estimate of drug-likeness (QED) is 0.946. The molecule has 0 aliphatic rings. The second-order valence-electron chi connectivity index (χ2n) is 3.59. The van der Waals surface area contributed by atoms with Crippen LogP contribution in [-0.2, 0) is 0 Å². The average molecular weight is 294 g/mol. The van der Waals surface area contributed by atoms with Gasteiger partial charge in [0.05, 0.1) is 7.11 Å². The van der Waals surface area contributed by atoms with Crippen molar-refractivity contribution >= 4 is 15.9 Å². The molecular weight excluding hydrogens is 282 g/mol. The third-order valence-electron chi connectivity index (χ3n) is 2.47. The van der Waals surface area contributed by atoms with Crippen molar-refractivity contribution in [3.8, 4) is 5.88 Å². The van der Waals surface area contributed by atoms with Gasteiger partial charge in [0.25, 0.3) is 0 Å². The summed E-state index contributed by atoms with van der Waals surface area (Å²) in [6.45, 7) is 0. The Labute approximate surface area is 108 Å². The SMILES string of the molecule is COc1cc(C(O)c2ccc(Br)cc2)ccn1. The Morgan fingerprint density at radius 2 is 1.88 bits per heavy atom. The van der Waals surface area contributed by atoms with Crippen LogP contribution in [0.15, 0.2) is 47.1 Å². The molecule has 0 saturated carbocycles. The first-order valence-corrected chi connectivity index (χ1v) is 5.93. The number of nitrogens with zero attached hydrogens (tertiary/aromatic N) is 1. The van der Waals surface area contributed by atoms with Gasteiger partial charge in [-0.25, -0.2) is 4.98 Å². The van der Waals surface area contributed by atoms with Crippen LogP contribution in [0.1, 0.15) is 17.2 Å². The van der Waals surface area contributed by atoms with Gasteiger partial charge in [-0.2, -0.15) is 0 Å². The molecule has 4 heteroatoms. The van der Waals surface area contributed by atoms with Crippen molar-refractivity contribution in [3.05, 3.63) is 58.2 Å². The van der Waals surface area contributed by atoms with Crippen LogP contribution >= 0.6 is 15.9 Å². The van der Waals surface area contributed by atoms with E-state index in [-0.39, 0.29) is 0 Å². The van der Waals surface area contributed by atoms with Gasteiger partial charge in [-0.05, 0) is 29.3 Å². The topological polar surface area (TPSA) is 42.4 Å². The summed E-state index contributed by atoms with van der Waals surface area (Å²) < 4.78 is 6.02. The molecule has 1 N–H and O–H groups in total. The van der Waals surface area contributed by atoms with E-state index in [0.717, 1.165) is 15.6 Å². The minimum atomic E-state index is -0.667. The van der Waals surface area contributed by atoms with Crippen LogP contribution in [0.5, 0.6) is 5.88 Å². The highest BCUT2D eigenvalue weighted by atomic mass is 79.9. The number of ether oxygens (including phenoxy) is 1. The van der Waals surface area contributed by atoms with Gasteiger partial charge in [0, 0.05) is 16.7 Å². The largest absolute Gasteiger partial charge is 0.481 e. The summed E-state index contributed by atoms with van der Waals surface area (Å²) in [4.78, 5) is 4.01. The van der Waals surface area contributed by atoms with Crippen molar-refractivity contribution in [2.75, 3.05) is 7.11 Å². The summed E-state index contributed by atoms with van der Waals surface area (Å²) in [7, 11) is 1.55. The Bertz CT molecular complexity index is 499. The van der Waals surface area contributed by atoms with Crippen molar-refractivity contribution < 1.29 is 9.84 Å². The van der Waals surface area contributed by atoms with Gasteiger partial charge >= 0.3 is 0 Å². The fraction of sp³-hybridized carbons (Fsp3) is 0.154. The van der Waals surface area contributed by atoms with E-state index in [0.29, 0.717) is 5.88 Å². The maximum Gasteiger partial charge on any atom is 0.213 e. The smallest absolute Gasteiger partial charge is 0.213 e. The number of aliphatic hydroxyl groups excluding tert-OH is 1. The third-order valence-corrected chi connectivity index (χ3v) is 3.00. The van der Waals surface area contributed by atoms with Crippen LogP contribution in [0.4, 0.5) is 0 Å². The van der Waals surface area contributed by atoms with Crippen LogP contribution < -0.4 is 4.74 Å². The molecule has 0 radical (unpaired) electrons. The minimum absolute atomic E-state index is 0.499. The van der Waals surface area contributed by atoms with E-state index in [1.54, 1.807) is 25.4 Å². The number of hydrogen-bond donors (Lipinski definition) is 1. The molecule has 0 fully saturated rings. The van der Waals surface area contributed by atoms with E-state index in [4.69, 9.17) is 4.74 Å². The monoisotopic (exact) mass is 293 g/mol. The molecular formula is C13H12BrNO2. The molecule has 0 saturated heterocycles. The highest BCUT2D eigenvalue weighted by molar-refractivity contribution is 9.10. The van der Waals surface area contributed by atoms with Crippen LogP contribution in [0.25, 0.3) is 0 Å². The summed E-state index contributed by atoms with van der Waals surface area (Å²) in [6.07, 6.45) is 0.955. The summed E-state index contributed by atoms with van der Waals surface area (Å²) in [5.74, 6) is 0.499. The normalized spacial score (nSPS) is 12.2. The molecule has 1 heterocycles. The lowest BCUT2D eigenvalue weighted by molar-refractivity contribution is 0.219. The van der Waals surface area contributed by atoms with Crippen LogP contribution in [0.2, 0.25) is 0 Å². The number of methoxy groups -OCH3 is 1. The lowest BCUT2D eigenvalue weighted by Crippen LogP contribution is -2.00. The summed E-state index contributed by atoms with van der Waals surface area (Å²) in [6, 6.07) is 11.1. The molecule has 17 heavy (non-hydrogen) atoms. The molecule has 0 amide bonds. The van der Waals surface area contributed by atoms with E-state index in [9.17, 15) is 5.11 Å². The summed E-state index contributed by atoms with van der Waals surface area (Å²) in [5.41, 5.74) is 1.60. The van der Waals surface area contributed by atoms with Gasteiger partial charge in [-0.3, -0.25) is 0 Å². The van der Waals surface area contributed by atoms with Gasteiger partial charge in [0.2, 0.25) is 5.88 Å². The molecule has 3 nitrogen and oxygen atoms in total. The Kier molecular flexibility index (Phi) is 3.76. The predicted molar refractivity (Wildman–Crippen MR) is 69.0 cm³/mol. The highest BCUT2D eigenvalue weighted by Crippen LogP contribution is 2.24. The first-order chi connectivity index (χ1) is 8.20. The van der Waals surface area contributed by atoms with Crippen molar-refractivity contribution in [1.29, 1.82) is 0 Å². The molecule has 0 aliphatic heterocycles. The molecule has 0 aliphatic carbocycles. The second kappa shape index (κ2) is 5.29. The van der Waals surface area contributed by atoms with E-state index in [1.165, 1.54) is 0 Å². The Morgan fingerprint density at radius 3 is 2.53 bits per heavy atom. The van der Waals surface area contributed by atoms with Crippen molar-refractivity contribution in [3.63, 3.8) is 0 Å². The van der Waals surface area contributed by atoms with Crippen LogP contribution in [-0.4, -0.2) is 17.2 Å². The zero-order chi connectivity index (χ0) is 12.3. The molecule has 0 spiro atoms. The van der Waals surface area contributed by atoms with Gasteiger partial charge in [0.15, 0.2) is 0 Å². The molecule has 1 unspecified atom stereocenters. The van der Waals surface area contributed by atoms with E-state index < -0.39 is 6.10 Å². The van der Waals surface area contributed by atoms with E-state index >= 15 is 0 Å². The third kappa shape index (κ3) is 2.84. The second-order valence-corrected chi connectivity index (χ2v) is 4.50. The number of aromatic nitrogens is 1. The van der Waals surface area contributed by atoms with Gasteiger partial charge in [-0.1, -0.05) is 28.1 Å². The van der Waals surface area contributed by atoms with E-state index in [2.05, 4.69) is 20.9 Å². The molecule has 1 aromatic carbocycles. The number of aliphatic hydroxyl groups is 1. The van der Waals surface area contributed by atoms with Crippen LogP contribution in [0.3, 0.4) is 0 Å². The maximum absolute atomic E-state index is 10.2. The molecule has 2 aromatic rings. The van der Waals surface area contributed by atoms with Crippen molar-refractivity contribution in [1.82, 2.24) is 4.98 Å². The first kappa shape index (κ1) is 12.1. The maximum atomic E-state index is 10.2. The lowest BCUT2D eigenvalue weighted by Gasteiger charge is -2.12. The molecule has 88 valence electrons. The number of benzene rings is 1. The highest BCUT2D eigenvalue weighted by Gasteiger charge is 2.11. The molecule has 1 atom stereocenters. The number of pyridine rings is 1.